The van der Waals surface area contributed by atoms with E-state index in [0.717, 1.165) is 10.0 Å². The van der Waals surface area contributed by atoms with Crippen molar-refractivity contribution in [2.24, 2.45) is 0 Å². The van der Waals surface area contributed by atoms with Gasteiger partial charge < -0.3 is 9.84 Å². The van der Waals surface area contributed by atoms with Gasteiger partial charge in [-0.05, 0) is 12.1 Å². The van der Waals surface area contributed by atoms with Crippen LogP contribution in [0.3, 0.4) is 0 Å². The summed E-state index contributed by atoms with van der Waals surface area (Å²) in [6.07, 6.45) is 0.165. The molecule has 1 aliphatic heterocycles. The molecule has 2 heterocycles. The van der Waals surface area contributed by atoms with E-state index < -0.39 is 18.0 Å². The third-order valence-corrected chi connectivity index (χ3v) is 3.28. The zero-order valence-electron chi connectivity index (χ0n) is 10.1. The average molecular weight is 337 g/mol. The normalized spacial score (nSPS) is 17.9. The first-order valence-corrected chi connectivity index (χ1v) is 6.61. The van der Waals surface area contributed by atoms with Crippen LogP contribution in [-0.4, -0.2) is 28.1 Å². The highest BCUT2D eigenvalue weighted by atomic mass is 79.9. The van der Waals surface area contributed by atoms with E-state index in [2.05, 4.69) is 36.7 Å². The van der Waals surface area contributed by atoms with E-state index in [1.165, 1.54) is 0 Å². The number of imide groups is 1. The minimum absolute atomic E-state index is 0.165. The number of nitrogens with one attached hydrogen (secondary N) is 2. The Hall–Kier alpha value is -2.22. The quantitative estimate of drug-likeness (QED) is 0.822. The Kier molecular flexibility index (Phi) is 3.23. The molecule has 3 amide bonds. The highest BCUT2D eigenvalue weighted by Crippen LogP contribution is 2.20. The predicted molar refractivity (Wildman–Crippen MR) is 71.6 cm³/mol. The number of carbonyl (C=O) groups excluding carboxylic acids is 2. The number of rotatable bonds is 3. The SMILES string of the molecule is O=C1NC(=O)[C@H](Cc2nc(-c3cccc(Br)c3)no2)N1. The Balaban J connectivity index is 1.77. The molecule has 102 valence electrons. The molecule has 2 aromatic rings. The number of hydrogen-bond acceptors (Lipinski definition) is 5. The standard InChI is InChI=1S/C12H9BrN4O3/c13-7-3-1-2-6(4-7)10-15-9(20-17-10)5-8-11(18)16-12(19)14-8/h1-4,8H,5H2,(H2,14,16,18,19)/t8-/m0/s1. The van der Waals surface area contributed by atoms with Crippen LogP contribution in [0.4, 0.5) is 4.79 Å². The van der Waals surface area contributed by atoms with Gasteiger partial charge >= 0.3 is 6.03 Å². The number of carbonyl (C=O) groups is 2. The van der Waals surface area contributed by atoms with Crippen LogP contribution in [0, 0.1) is 0 Å². The fourth-order valence-corrected chi connectivity index (χ4v) is 2.26. The number of nitrogens with zero attached hydrogens (tertiary/aromatic N) is 2. The second kappa shape index (κ2) is 5.04. The second-order valence-electron chi connectivity index (χ2n) is 4.24. The first-order chi connectivity index (χ1) is 9.61. The molecule has 8 heteroatoms. The number of benzene rings is 1. The van der Waals surface area contributed by atoms with Gasteiger partial charge in [0.1, 0.15) is 6.04 Å². The molecule has 3 rings (SSSR count). The highest BCUT2D eigenvalue weighted by Gasteiger charge is 2.31. The summed E-state index contributed by atoms with van der Waals surface area (Å²) in [5, 5.41) is 8.49. The minimum Gasteiger partial charge on any atom is -0.339 e. The number of amides is 3. The zero-order chi connectivity index (χ0) is 14.1. The van der Waals surface area contributed by atoms with Crippen molar-refractivity contribution in [2.45, 2.75) is 12.5 Å². The summed E-state index contributed by atoms with van der Waals surface area (Å²) in [5.74, 6) is 0.338. The summed E-state index contributed by atoms with van der Waals surface area (Å²) in [5.41, 5.74) is 0.800. The molecule has 20 heavy (non-hydrogen) atoms. The monoisotopic (exact) mass is 336 g/mol. The van der Waals surface area contributed by atoms with Crippen molar-refractivity contribution in [1.82, 2.24) is 20.8 Å². The average Bonchev–Trinajstić information content (AvgIpc) is 2.97. The van der Waals surface area contributed by atoms with Crippen molar-refractivity contribution >= 4 is 27.9 Å². The van der Waals surface area contributed by atoms with Crippen molar-refractivity contribution in [2.75, 3.05) is 0 Å². The molecular weight excluding hydrogens is 328 g/mol. The summed E-state index contributed by atoms with van der Waals surface area (Å²) < 4.78 is 6.00. The minimum atomic E-state index is -0.668. The molecule has 0 aliphatic carbocycles. The Bertz CT molecular complexity index is 685. The number of hydrogen-bond donors (Lipinski definition) is 2. The zero-order valence-corrected chi connectivity index (χ0v) is 11.7. The Labute approximate surface area is 121 Å². The van der Waals surface area contributed by atoms with Crippen molar-refractivity contribution in [3.63, 3.8) is 0 Å². The maximum Gasteiger partial charge on any atom is 0.322 e. The summed E-state index contributed by atoms with van der Waals surface area (Å²) in [6.45, 7) is 0. The van der Waals surface area contributed by atoms with Crippen LogP contribution in [0.2, 0.25) is 0 Å². The van der Waals surface area contributed by atoms with Crippen molar-refractivity contribution < 1.29 is 14.1 Å². The topological polar surface area (TPSA) is 97.1 Å². The Morgan fingerprint density at radius 3 is 2.90 bits per heavy atom. The molecule has 0 bridgehead atoms. The number of urea groups is 1. The molecule has 1 aromatic heterocycles. The summed E-state index contributed by atoms with van der Waals surface area (Å²) >= 11 is 3.37. The maximum absolute atomic E-state index is 11.4. The predicted octanol–water partition coefficient (Wildman–Crippen LogP) is 1.25. The van der Waals surface area contributed by atoms with E-state index in [4.69, 9.17) is 4.52 Å². The van der Waals surface area contributed by atoms with Gasteiger partial charge in [-0.2, -0.15) is 4.98 Å². The van der Waals surface area contributed by atoms with E-state index in [1.807, 2.05) is 24.3 Å². The van der Waals surface area contributed by atoms with Gasteiger partial charge in [-0.25, -0.2) is 4.79 Å². The lowest BCUT2D eigenvalue weighted by Gasteiger charge is -2.01. The molecule has 0 spiro atoms. The maximum atomic E-state index is 11.4. The van der Waals surface area contributed by atoms with E-state index >= 15 is 0 Å². The van der Waals surface area contributed by atoms with Crippen LogP contribution < -0.4 is 10.6 Å². The molecule has 1 aliphatic rings. The molecule has 1 fully saturated rings. The lowest BCUT2D eigenvalue weighted by atomic mass is 10.2. The van der Waals surface area contributed by atoms with Gasteiger partial charge in [0.2, 0.25) is 11.7 Å². The van der Waals surface area contributed by atoms with Crippen LogP contribution in [0.1, 0.15) is 5.89 Å². The van der Waals surface area contributed by atoms with E-state index in [-0.39, 0.29) is 6.42 Å². The lowest BCUT2D eigenvalue weighted by molar-refractivity contribution is -0.120. The lowest BCUT2D eigenvalue weighted by Crippen LogP contribution is -2.31. The van der Waals surface area contributed by atoms with Gasteiger partial charge in [0, 0.05) is 10.0 Å². The third-order valence-electron chi connectivity index (χ3n) is 2.79. The third kappa shape index (κ3) is 2.55. The van der Waals surface area contributed by atoms with Gasteiger partial charge in [0.25, 0.3) is 5.91 Å². The molecule has 0 radical (unpaired) electrons. The highest BCUT2D eigenvalue weighted by molar-refractivity contribution is 9.10. The smallest absolute Gasteiger partial charge is 0.322 e. The van der Waals surface area contributed by atoms with Gasteiger partial charge in [0.15, 0.2) is 0 Å². The molecule has 7 nitrogen and oxygen atoms in total. The van der Waals surface area contributed by atoms with Crippen LogP contribution in [0.25, 0.3) is 11.4 Å². The van der Waals surface area contributed by atoms with Crippen LogP contribution in [0.5, 0.6) is 0 Å². The molecule has 1 saturated heterocycles. The van der Waals surface area contributed by atoms with E-state index in [1.54, 1.807) is 0 Å². The van der Waals surface area contributed by atoms with Crippen molar-refractivity contribution in [3.8, 4) is 11.4 Å². The largest absolute Gasteiger partial charge is 0.339 e. The fourth-order valence-electron chi connectivity index (χ4n) is 1.86. The van der Waals surface area contributed by atoms with Gasteiger partial charge in [-0.3, -0.25) is 10.1 Å². The molecule has 0 saturated carbocycles. The van der Waals surface area contributed by atoms with E-state index in [0.29, 0.717) is 11.7 Å². The van der Waals surface area contributed by atoms with Gasteiger partial charge in [-0.15, -0.1) is 0 Å². The summed E-state index contributed by atoms with van der Waals surface area (Å²) in [6, 6.07) is 6.29. The summed E-state index contributed by atoms with van der Waals surface area (Å²) in [4.78, 5) is 26.6. The molecule has 2 N–H and O–H groups in total. The molecular formula is C12H9BrN4O3. The fraction of sp³-hybridized carbons (Fsp3) is 0.167. The van der Waals surface area contributed by atoms with Crippen LogP contribution in [0.15, 0.2) is 33.3 Å². The number of halogens is 1. The first kappa shape index (κ1) is 12.8. The Morgan fingerprint density at radius 2 is 2.20 bits per heavy atom. The van der Waals surface area contributed by atoms with Crippen molar-refractivity contribution in [3.05, 3.63) is 34.6 Å². The molecule has 0 unspecified atom stereocenters. The molecule has 1 aromatic carbocycles. The van der Waals surface area contributed by atoms with Gasteiger partial charge in [-0.1, -0.05) is 33.2 Å². The van der Waals surface area contributed by atoms with Crippen LogP contribution in [-0.2, 0) is 11.2 Å². The Morgan fingerprint density at radius 1 is 1.35 bits per heavy atom. The second-order valence-corrected chi connectivity index (χ2v) is 5.16. The first-order valence-electron chi connectivity index (χ1n) is 5.82. The van der Waals surface area contributed by atoms with Crippen LogP contribution >= 0.6 is 15.9 Å². The molecule has 1 atom stereocenters. The number of aromatic nitrogens is 2. The van der Waals surface area contributed by atoms with E-state index in [9.17, 15) is 9.59 Å². The van der Waals surface area contributed by atoms with Gasteiger partial charge in [0.05, 0.1) is 6.42 Å². The van der Waals surface area contributed by atoms with Crippen molar-refractivity contribution in [1.29, 1.82) is 0 Å². The summed E-state index contributed by atoms with van der Waals surface area (Å²) in [7, 11) is 0.